The number of phenols is 1. The molecule has 1 N–H and O–H groups in total. The SMILES string of the molecule is COc1cc(C(C)N2CCN(C(C)C)CC2)ccc1O. The molecule has 4 nitrogen and oxygen atoms in total. The van der Waals surface area contributed by atoms with Crippen LogP contribution in [0.5, 0.6) is 11.5 Å². The van der Waals surface area contributed by atoms with Crippen LogP contribution >= 0.6 is 0 Å². The number of piperazine rings is 1. The molecule has 0 aromatic heterocycles. The number of rotatable bonds is 4. The number of aromatic hydroxyl groups is 1. The van der Waals surface area contributed by atoms with Gasteiger partial charge < -0.3 is 9.84 Å². The quantitative estimate of drug-likeness (QED) is 0.918. The predicted octanol–water partition coefficient (Wildman–Crippen LogP) is 2.49. The van der Waals surface area contributed by atoms with Gasteiger partial charge in [-0.1, -0.05) is 6.07 Å². The van der Waals surface area contributed by atoms with E-state index in [2.05, 4.69) is 30.6 Å². The topological polar surface area (TPSA) is 35.9 Å². The maximum absolute atomic E-state index is 9.68. The van der Waals surface area contributed by atoms with Gasteiger partial charge in [-0.25, -0.2) is 0 Å². The zero-order valence-electron chi connectivity index (χ0n) is 13.0. The van der Waals surface area contributed by atoms with Crippen LogP contribution in [0.1, 0.15) is 32.4 Å². The lowest BCUT2D eigenvalue weighted by Crippen LogP contribution is -2.49. The van der Waals surface area contributed by atoms with Crippen LogP contribution in [-0.2, 0) is 0 Å². The number of phenolic OH excluding ortho intramolecular Hbond substituents is 1. The number of nitrogens with zero attached hydrogens (tertiary/aromatic N) is 2. The van der Waals surface area contributed by atoms with Crippen molar-refractivity contribution in [2.75, 3.05) is 33.3 Å². The molecule has 1 saturated heterocycles. The summed E-state index contributed by atoms with van der Waals surface area (Å²) < 4.78 is 5.19. The van der Waals surface area contributed by atoms with Crippen LogP contribution in [0.2, 0.25) is 0 Å². The molecule has 20 heavy (non-hydrogen) atoms. The summed E-state index contributed by atoms with van der Waals surface area (Å²) in [5, 5.41) is 9.68. The van der Waals surface area contributed by atoms with Gasteiger partial charge in [0.1, 0.15) is 0 Å². The van der Waals surface area contributed by atoms with Crippen molar-refractivity contribution in [1.29, 1.82) is 0 Å². The van der Waals surface area contributed by atoms with E-state index in [1.54, 1.807) is 13.2 Å². The first-order valence-corrected chi connectivity index (χ1v) is 7.38. The van der Waals surface area contributed by atoms with Crippen LogP contribution in [0.3, 0.4) is 0 Å². The molecular formula is C16H26N2O2. The lowest BCUT2D eigenvalue weighted by Gasteiger charge is -2.40. The van der Waals surface area contributed by atoms with E-state index in [-0.39, 0.29) is 5.75 Å². The van der Waals surface area contributed by atoms with E-state index in [1.165, 1.54) is 5.56 Å². The van der Waals surface area contributed by atoms with Gasteiger partial charge in [-0.05, 0) is 38.5 Å². The lowest BCUT2D eigenvalue weighted by atomic mass is 10.0. The summed E-state index contributed by atoms with van der Waals surface area (Å²) in [5.74, 6) is 0.753. The van der Waals surface area contributed by atoms with E-state index in [9.17, 15) is 5.11 Å². The zero-order chi connectivity index (χ0) is 14.7. The van der Waals surface area contributed by atoms with E-state index in [0.29, 0.717) is 17.8 Å². The van der Waals surface area contributed by atoms with Gasteiger partial charge in [-0.15, -0.1) is 0 Å². The highest BCUT2D eigenvalue weighted by atomic mass is 16.5. The van der Waals surface area contributed by atoms with Crippen LogP contribution < -0.4 is 4.74 Å². The first-order chi connectivity index (χ1) is 9.52. The molecule has 0 bridgehead atoms. The summed E-state index contributed by atoms with van der Waals surface area (Å²) in [7, 11) is 1.59. The molecule has 2 rings (SSSR count). The molecule has 1 heterocycles. The van der Waals surface area contributed by atoms with Gasteiger partial charge in [0.25, 0.3) is 0 Å². The smallest absolute Gasteiger partial charge is 0.160 e. The lowest BCUT2D eigenvalue weighted by molar-refractivity contribution is 0.0833. The first kappa shape index (κ1) is 15.1. The average Bonchev–Trinajstić information content (AvgIpc) is 2.47. The van der Waals surface area contributed by atoms with Gasteiger partial charge >= 0.3 is 0 Å². The zero-order valence-corrected chi connectivity index (χ0v) is 13.0. The van der Waals surface area contributed by atoms with Crippen molar-refractivity contribution < 1.29 is 9.84 Å². The largest absolute Gasteiger partial charge is 0.504 e. The average molecular weight is 278 g/mol. The monoisotopic (exact) mass is 278 g/mol. The number of hydrogen-bond donors (Lipinski definition) is 1. The molecule has 1 atom stereocenters. The van der Waals surface area contributed by atoms with E-state index in [1.807, 2.05) is 12.1 Å². The number of ether oxygens (including phenoxy) is 1. The Hall–Kier alpha value is -1.26. The molecule has 0 saturated carbocycles. The fraction of sp³-hybridized carbons (Fsp3) is 0.625. The second-order valence-corrected chi connectivity index (χ2v) is 5.77. The summed E-state index contributed by atoms with van der Waals surface area (Å²) in [6, 6.07) is 6.61. The van der Waals surface area contributed by atoms with Gasteiger partial charge in [-0.3, -0.25) is 9.80 Å². The minimum Gasteiger partial charge on any atom is -0.504 e. The van der Waals surface area contributed by atoms with Crippen LogP contribution in [0.15, 0.2) is 18.2 Å². The Labute approximate surface area is 122 Å². The first-order valence-electron chi connectivity index (χ1n) is 7.38. The summed E-state index contributed by atoms with van der Waals surface area (Å²) in [6.45, 7) is 11.1. The maximum Gasteiger partial charge on any atom is 0.160 e. The Kier molecular flexibility index (Phi) is 4.89. The third kappa shape index (κ3) is 3.25. The van der Waals surface area contributed by atoms with Crippen LogP contribution in [0.4, 0.5) is 0 Å². The van der Waals surface area contributed by atoms with Gasteiger partial charge in [0, 0.05) is 38.3 Å². The molecule has 1 unspecified atom stereocenters. The fourth-order valence-electron chi connectivity index (χ4n) is 2.81. The molecule has 0 amide bonds. The van der Waals surface area contributed by atoms with Crippen molar-refractivity contribution in [3.8, 4) is 11.5 Å². The molecular weight excluding hydrogens is 252 g/mol. The second kappa shape index (κ2) is 6.46. The van der Waals surface area contributed by atoms with E-state index in [4.69, 9.17) is 4.74 Å². The fourth-order valence-corrected chi connectivity index (χ4v) is 2.81. The van der Waals surface area contributed by atoms with Gasteiger partial charge in [0.15, 0.2) is 11.5 Å². The van der Waals surface area contributed by atoms with Gasteiger partial charge in [0.2, 0.25) is 0 Å². The van der Waals surface area contributed by atoms with Crippen molar-refractivity contribution >= 4 is 0 Å². The Morgan fingerprint density at radius 2 is 1.65 bits per heavy atom. The molecule has 1 aliphatic heterocycles. The van der Waals surface area contributed by atoms with Crippen molar-refractivity contribution in [1.82, 2.24) is 9.80 Å². The minimum absolute atomic E-state index is 0.202. The highest BCUT2D eigenvalue weighted by molar-refractivity contribution is 5.42. The molecule has 1 aliphatic rings. The number of benzene rings is 1. The molecule has 0 aliphatic carbocycles. The van der Waals surface area contributed by atoms with E-state index in [0.717, 1.165) is 26.2 Å². The molecule has 4 heteroatoms. The van der Waals surface area contributed by atoms with Gasteiger partial charge in [0.05, 0.1) is 7.11 Å². The molecule has 112 valence electrons. The summed E-state index contributed by atoms with van der Waals surface area (Å²) in [5.41, 5.74) is 1.19. The van der Waals surface area contributed by atoms with Crippen molar-refractivity contribution in [3.05, 3.63) is 23.8 Å². The Morgan fingerprint density at radius 3 is 2.20 bits per heavy atom. The highest BCUT2D eigenvalue weighted by Crippen LogP contribution is 2.31. The summed E-state index contributed by atoms with van der Waals surface area (Å²) in [6.07, 6.45) is 0. The maximum atomic E-state index is 9.68. The van der Waals surface area contributed by atoms with Crippen LogP contribution in [-0.4, -0.2) is 54.2 Å². The number of hydrogen-bond acceptors (Lipinski definition) is 4. The Balaban J connectivity index is 2.03. The molecule has 1 aromatic carbocycles. The Bertz CT molecular complexity index is 440. The normalized spacial score (nSPS) is 19.2. The van der Waals surface area contributed by atoms with Crippen molar-refractivity contribution in [2.24, 2.45) is 0 Å². The highest BCUT2D eigenvalue weighted by Gasteiger charge is 2.23. The second-order valence-electron chi connectivity index (χ2n) is 5.77. The third-order valence-electron chi connectivity index (χ3n) is 4.31. The predicted molar refractivity (Wildman–Crippen MR) is 81.4 cm³/mol. The minimum atomic E-state index is 0.202. The van der Waals surface area contributed by atoms with Crippen LogP contribution in [0, 0.1) is 0 Å². The van der Waals surface area contributed by atoms with Crippen molar-refractivity contribution in [3.63, 3.8) is 0 Å². The molecule has 0 radical (unpaired) electrons. The van der Waals surface area contributed by atoms with Gasteiger partial charge in [-0.2, -0.15) is 0 Å². The van der Waals surface area contributed by atoms with Crippen LogP contribution in [0.25, 0.3) is 0 Å². The number of methoxy groups -OCH3 is 1. The summed E-state index contributed by atoms with van der Waals surface area (Å²) >= 11 is 0. The molecule has 1 aromatic rings. The van der Waals surface area contributed by atoms with E-state index >= 15 is 0 Å². The van der Waals surface area contributed by atoms with E-state index < -0.39 is 0 Å². The Morgan fingerprint density at radius 1 is 1.05 bits per heavy atom. The molecule has 1 fully saturated rings. The summed E-state index contributed by atoms with van der Waals surface area (Å²) in [4.78, 5) is 5.01. The van der Waals surface area contributed by atoms with Crippen molar-refractivity contribution in [2.45, 2.75) is 32.9 Å². The standard InChI is InChI=1S/C16H26N2O2/c1-12(2)17-7-9-18(10-8-17)13(3)14-5-6-15(19)16(11-14)20-4/h5-6,11-13,19H,7-10H2,1-4H3. The molecule has 0 spiro atoms. The third-order valence-corrected chi connectivity index (χ3v) is 4.31.